The average molecular weight is 321 g/mol. The van der Waals surface area contributed by atoms with Gasteiger partial charge in [-0.1, -0.05) is 18.2 Å². The maximum Gasteiger partial charge on any atom is 0.239 e. The van der Waals surface area contributed by atoms with E-state index in [0.29, 0.717) is 18.7 Å². The molecule has 0 saturated heterocycles. The van der Waals surface area contributed by atoms with Gasteiger partial charge in [0, 0.05) is 13.1 Å². The number of hydrogen-bond acceptors (Lipinski definition) is 4. The van der Waals surface area contributed by atoms with Crippen molar-refractivity contribution < 1.29 is 13.2 Å². The summed E-state index contributed by atoms with van der Waals surface area (Å²) in [7, 11) is -3.49. The number of fused-ring (bicyclic) bond motifs is 1. The molecular weight excluding hydrogens is 302 g/mol. The number of carbonyl (C=O) groups is 1. The van der Waals surface area contributed by atoms with Gasteiger partial charge in [-0.3, -0.25) is 9.10 Å². The van der Waals surface area contributed by atoms with Crippen molar-refractivity contribution in [2.24, 2.45) is 5.41 Å². The number of para-hydroxylation sites is 1. The van der Waals surface area contributed by atoms with Crippen LogP contribution < -0.4 is 9.62 Å². The highest BCUT2D eigenvalue weighted by atomic mass is 32.2. The van der Waals surface area contributed by atoms with E-state index < -0.39 is 21.3 Å². The summed E-state index contributed by atoms with van der Waals surface area (Å²) in [6.45, 7) is 3.41. The molecule has 118 valence electrons. The lowest BCUT2D eigenvalue weighted by atomic mass is 9.95. The molecule has 0 saturated carbocycles. The summed E-state index contributed by atoms with van der Waals surface area (Å²) >= 11 is 0. The molecule has 1 aliphatic rings. The molecule has 0 fully saturated rings. The largest absolute Gasteiger partial charge is 0.354 e. The van der Waals surface area contributed by atoms with Crippen LogP contribution in [0.25, 0.3) is 0 Å². The normalized spacial score (nSPS) is 14.3. The highest BCUT2D eigenvalue weighted by molar-refractivity contribution is 7.92. The number of nitrogens with zero attached hydrogens (tertiary/aromatic N) is 2. The molecule has 1 amide bonds. The summed E-state index contributed by atoms with van der Waals surface area (Å²) < 4.78 is 26.2. The Morgan fingerprint density at radius 3 is 2.77 bits per heavy atom. The minimum absolute atomic E-state index is 0.00898. The lowest BCUT2D eigenvalue weighted by molar-refractivity contribution is -0.126. The molecule has 0 spiro atoms. The molecule has 1 aromatic rings. The number of sulfonamides is 1. The number of carbonyl (C=O) groups excluding carboxylic acids is 1. The van der Waals surface area contributed by atoms with Gasteiger partial charge in [-0.25, -0.2) is 8.42 Å². The van der Waals surface area contributed by atoms with E-state index in [4.69, 9.17) is 5.26 Å². The summed E-state index contributed by atoms with van der Waals surface area (Å²) in [5.74, 6) is -0.652. The van der Waals surface area contributed by atoms with Gasteiger partial charge in [0.25, 0.3) is 0 Å². The minimum atomic E-state index is -3.49. The average Bonchev–Trinajstić information content (AvgIpc) is 2.91. The van der Waals surface area contributed by atoms with E-state index in [2.05, 4.69) is 5.32 Å². The topological polar surface area (TPSA) is 90.3 Å². The zero-order valence-corrected chi connectivity index (χ0v) is 13.5. The number of nitriles is 1. The maximum atomic E-state index is 12.4. The molecule has 0 bridgehead atoms. The van der Waals surface area contributed by atoms with Crippen molar-refractivity contribution in [3.8, 4) is 6.07 Å². The Kier molecular flexibility index (Phi) is 4.42. The molecule has 1 N–H and O–H groups in total. The fraction of sp³-hybridized carbons (Fsp3) is 0.467. The van der Waals surface area contributed by atoms with Crippen LogP contribution in [0.4, 0.5) is 5.69 Å². The smallest absolute Gasteiger partial charge is 0.239 e. The number of benzene rings is 1. The molecule has 1 heterocycles. The third-order valence-corrected chi connectivity index (χ3v) is 5.44. The molecule has 0 atom stereocenters. The first kappa shape index (κ1) is 16.3. The van der Waals surface area contributed by atoms with Crippen LogP contribution in [0.3, 0.4) is 0 Å². The van der Waals surface area contributed by atoms with Crippen molar-refractivity contribution in [1.82, 2.24) is 5.32 Å². The third kappa shape index (κ3) is 3.22. The van der Waals surface area contributed by atoms with Crippen molar-refractivity contribution in [3.63, 3.8) is 0 Å². The molecule has 2 rings (SSSR count). The van der Waals surface area contributed by atoms with E-state index in [9.17, 15) is 13.2 Å². The Bertz CT molecular complexity index is 720. The van der Waals surface area contributed by atoms with Crippen LogP contribution in [-0.4, -0.2) is 33.2 Å². The van der Waals surface area contributed by atoms with E-state index in [1.54, 1.807) is 6.07 Å². The van der Waals surface area contributed by atoms with Gasteiger partial charge in [-0.2, -0.15) is 5.26 Å². The Morgan fingerprint density at radius 1 is 1.41 bits per heavy atom. The van der Waals surface area contributed by atoms with Gasteiger partial charge in [-0.05, 0) is 31.9 Å². The maximum absolute atomic E-state index is 12.4. The first-order chi connectivity index (χ1) is 10.3. The van der Waals surface area contributed by atoms with Crippen LogP contribution in [0.5, 0.6) is 0 Å². The lowest BCUT2D eigenvalue weighted by Crippen LogP contribution is -2.41. The zero-order valence-electron chi connectivity index (χ0n) is 12.7. The molecule has 0 unspecified atom stereocenters. The summed E-state index contributed by atoms with van der Waals surface area (Å²) in [5, 5.41) is 11.4. The van der Waals surface area contributed by atoms with Crippen molar-refractivity contribution in [3.05, 3.63) is 29.8 Å². The first-order valence-corrected chi connectivity index (χ1v) is 8.67. The van der Waals surface area contributed by atoms with Crippen LogP contribution in [-0.2, 0) is 21.2 Å². The second-order valence-corrected chi connectivity index (χ2v) is 7.77. The fourth-order valence-corrected chi connectivity index (χ4v) is 3.70. The number of rotatable bonds is 5. The Hall–Kier alpha value is -2.07. The standard InChI is InChI=1S/C15H19N3O3S/c1-15(2,11-16)14(19)17-8-10-22(20,21)18-9-7-12-5-3-4-6-13(12)18/h3-6H,7-10H2,1-2H3,(H,17,19). The highest BCUT2D eigenvalue weighted by Crippen LogP contribution is 2.29. The van der Waals surface area contributed by atoms with Crippen LogP contribution in [0, 0.1) is 16.7 Å². The lowest BCUT2D eigenvalue weighted by Gasteiger charge is -2.20. The minimum Gasteiger partial charge on any atom is -0.354 e. The van der Waals surface area contributed by atoms with Crippen molar-refractivity contribution in [2.45, 2.75) is 20.3 Å². The Morgan fingerprint density at radius 2 is 2.09 bits per heavy atom. The first-order valence-electron chi connectivity index (χ1n) is 7.06. The molecular formula is C15H19N3O3S. The quantitative estimate of drug-likeness (QED) is 0.877. The second kappa shape index (κ2) is 5.97. The number of hydrogen-bond donors (Lipinski definition) is 1. The van der Waals surface area contributed by atoms with Gasteiger partial charge in [0.1, 0.15) is 5.41 Å². The molecule has 0 aromatic heterocycles. The van der Waals surface area contributed by atoms with Crippen molar-refractivity contribution in [1.29, 1.82) is 5.26 Å². The predicted molar refractivity (Wildman–Crippen MR) is 83.7 cm³/mol. The van der Waals surface area contributed by atoms with Gasteiger partial charge in [0.15, 0.2) is 0 Å². The van der Waals surface area contributed by atoms with Gasteiger partial charge >= 0.3 is 0 Å². The molecule has 0 aliphatic carbocycles. The third-order valence-electron chi connectivity index (χ3n) is 3.67. The summed E-state index contributed by atoms with van der Waals surface area (Å²) in [6, 6.07) is 9.29. The van der Waals surface area contributed by atoms with Crippen LogP contribution in [0.15, 0.2) is 24.3 Å². The molecule has 0 radical (unpaired) electrons. The predicted octanol–water partition coefficient (Wildman–Crippen LogP) is 1.04. The van der Waals surface area contributed by atoms with E-state index in [0.717, 1.165) is 5.56 Å². The molecule has 6 nitrogen and oxygen atoms in total. The van der Waals surface area contributed by atoms with E-state index in [1.807, 2.05) is 24.3 Å². The second-order valence-electron chi connectivity index (χ2n) is 5.76. The highest BCUT2D eigenvalue weighted by Gasteiger charge is 2.30. The monoisotopic (exact) mass is 321 g/mol. The SMILES string of the molecule is CC(C)(C#N)C(=O)NCCS(=O)(=O)N1CCc2ccccc21. The fourth-order valence-electron chi connectivity index (χ4n) is 2.27. The van der Waals surface area contributed by atoms with E-state index >= 15 is 0 Å². The van der Waals surface area contributed by atoms with Crippen LogP contribution >= 0.6 is 0 Å². The molecule has 22 heavy (non-hydrogen) atoms. The van der Waals surface area contributed by atoms with Gasteiger partial charge in [0.05, 0.1) is 17.5 Å². The number of nitrogens with one attached hydrogen (secondary N) is 1. The zero-order chi connectivity index (χ0) is 16.4. The summed E-state index contributed by atoms with van der Waals surface area (Å²) in [5.41, 5.74) is 0.566. The Labute approximate surface area is 130 Å². The number of amides is 1. The van der Waals surface area contributed by atoms with E-state index in [-0.39, 0.29) is 12.3 Å². The van der Waals surface area contributed by atoms with Crippen molar-refractivity contribution in [2.75, 3.05) is 23.1 Å². The van der Waals surface area contributed by atoms with Gasteiger partial charge < -0.3 is 5.32 Å². The van der Waals surface area contributed by atoms with Crippen molar-refractivity contribution >= 4 is 21.6 Å². The molecule has 1 aromatic carbocycles. The Balaban J connectivity index is 1.99. The molecule has 1 aliphatic heterocycles. The summed E-state index contributed by atoms with van der Waals surface area (Å²) in [6.07, 6.45) is 0.698. The van der Waals surface area contributed by atoms with Gasteiger partial charge in [-0.15, -0.1) is 0 Å². The van der Waals surface area contributed by atoms with Gasteiger partial charge in [0.2, 0.25) is 15.9 Å². The van der Waals surface area contributed by atoms with E-state index in [1.165, 1.54) is 18.2 Å². The van der Waals surface area contributed by atoms with Crippen LogP contribution in [0.2, 0.25) is 0 Å². The number of anilines is 1. The summed E-state index contributed by atoms with van der Waals surface area (Å²) in [4.78, 5) is 11.8. The molecule has 7 heteroatoms. The van der Waals surface area contributed by atoms with Crippen LogP contribution in [0.1, 0.15) is 19.4 Å².